The summed E-state index contributed by atoms with van der Waals surface area (Å²) in [5.74, 6) is 0.259. The largest absolute Gasteiger partial charge is 0.375 e. The normalized spacial score (nSPS) is 26.7. The average Bonchev–Trinajstić information content (AvgIpc) is 2.75. The molecule has 6 nitrogen and oxygen atoms in total. The minimum Gasteiger partial charge on any atom is -0.375 e. The van der Waals surface area contributed by atoms with Crippen LogP contribution in [0.25, 0.3) is 0 Å². The summed E-state index contributed by atoms with van der Waals surface area (Å²) in [7, 11) is -3.09. The zero-order valence-electron chi connectivity index (χ0n) is 17.6. The summed E-state index contributed by atoms with van der Waals surface area (Å²) in [5, 5.41) is 0. The zero-order chi connectivity index (χ0) is 20.3. The van der Waals surface area contributed by atoms with Crippen LogP contribution in [0.2, 0.25) is 0 Å². The fourth-order valence-corrected chi connectivity index (χ4v) is 6.72. The Hall–Kier alpha value is -1.15. The summed E-state index contributed by atoms with van der Waals surface area (Å²) in [5.41, 5.74) is 1.19. The van der Waals surface area contributed by atoms with Gasteiger partial charge in [0.15, 0.2) is 0 Å². The Bertz CT molecular complexity index is 755. The van der Waals surface area contributed by atoms with Gasteiger partial charge in [0.1, 0.15) is 0 Å². The van der Waals surface area contributed by atoms with Gasteiger partial charge >= 0.3 is 0 Å². The van der Waals surface area contributed by atoms with Gasteiger partial charge in [-0.1, -0.05) is 25.1 Å². The van der Waals surface area contributed by atoms with E-state index in [9.17, 15) is 8.42 Å². The van der Waals surface area contributed by atoms with Crippen molar-refractivity contribution < 1.29 is 13.2 Å². The van der Waals surface area contributed by atoms with Crippen LogP contribution in [0, 0.1) is 0 Å². The second-order valence-corrected chi connectivity index (χ2v) is 10.8. The van der Waals surface area contributed by atoms with Crippen molar-refractivity contribution in [1.29, 1.82) is 0 Å². The highest BCUT2D eigenvalue weighted by Crippen LogP contribution is 2.37. The lowest BCUT2D eigenvalue weighted by atomic mass is 9.82. The van der Waals surface area contributed by atoms with E-state index in [1.807, 2.05) is 6.92 Å². The molecule has 29 heavy (non-hydrogen) atoms. The van der Waals surface area contributed by atoms with Crippen molar-refractivity contribution in [2.24, 2.45) is 0 Å². The summed E-state index contributed by atoms with van der Waals surface area (Å²) in [6, 6.07) is 11.2. The number of benzene rings is 1. The number of anilines is 1. The van der Waals surface area contributed by atoms with Crippen molar-refractivity contribution in [2.45, 2.75) is 50.7 Å². The number of hydrogen-bond acceptors (Lipinski definition) is 5. The van der Waals surface area contributed by atoms with Crippen molar-refractivity contribution in [2.75, 3.05) is 56.5 Å². The van der Waals surface area contributed by atoms with Gasteiger partial charge in [0.05, 0.1) is 11.4 Å². The second-order valence-electron chi connectivity index (χ2n) is 8.75. The lowest BCUT2D eigenvalue weighted by molar-refractivity contribution is -0.127. The Kier molecular flexibility index (Phi) is 6.49. The zero-order valence-corrected chi connectivity index (χ0v) is 18.4. The van der Waals surface area contributed by atoms with E-state index in [2.05, 4.69) is 40.1 Å². The molecule has 0 N–H and O–H groups in total. The van der Waals surface area contributed by atoms with E-state index in [4.69, 9.17) is 4.74 Å². The number of nitrogens with zero attached hydrogens (tertiary/aromatic N) is 3. The Labute approximate surface area is 175 Å². The molecule has 3 saturated heterocycles. The smallest absolute Gasteiger partial charge is 0.214 e. The number of ether oxygens (including phenoxy) is 1. The first-order chi connectivity index (χ1) is 14.0. The first kappa shape index (κ1) is 21.1. The Morgan fingerprint density at radius 3 is 2.38 bits per heavy atom. The number of hydrogen-bond donors (Lipinski definition) is 0. The van der Waals surface area contributed by atoms with Crippen LogP contribution < -0.4 is 4.90 Å². The van der Waals surface area contributed by atoms with Gasteiger partial charge in [-0.15, -0.1) is 0 Å². The third kappa shape index (κ3) is 4.79. The number of para-hydroxylation sites is 1. The molecule has 3 aliphatic rings. The molecule has 0 amide bonds. The SMILES string of the molecule is CCCS(=O)(=O)N1CCC2(CC1)C[C@@H](N1CCN(c3ccccc3)CC1)CCO2. The van der Waals surface area contributed by atoms with Crippen molar-refractivity contribution in [3.8, 4) is 0 Å². The molecule has 1 aromatic rings. The average molecular weight is 422 g/mol. The molecule has 4 rings (SSSR count). The van der Waals surface area contributed by atoms with Gasteiger partial charge in [-0.05, 0) is 44.2 Å². The monoisotopic (exact) mass is 421 g/mol. The van der Waals surface area contributed by atoms with Gasteiger partial charge in [0.2, 0.25) is 10.0 Å². The van der Waals surface area contributed by atoms with Gasteiger partial charge in [-0.25, -0.2) is 12.7 Å². The molecule has 0 unspecified atom stereocenters. The summed E-state index contributed by atoms with van der Waals surface area (Å²) in [6.45, 7) is 8.25. The van der Waals surface area contributed by atoms with Crippen molar-refractivity contribution >= 4 is 15.7 Å². The lowest BCUT2D eigenvalue weighted by Crippen LogP contribution is -2.57. The Morgan fingerprint density at radius 2 is 1.72 bits per heavy atom. The third-order valence-electron chi connectivity index (χ3n) is 6.91. The molecule has 0 radical (unpaired) electrons. The van der Waals surface area contributed by atoms with E-state index >= 15 is 0 Å². The standard InChI is InChI=1S/C22H35N3O3S/c1-2-18-29(26,27)25-11-9-22(10-12-25)19-21(8-17-28-22)24-15-13-23(14-16-24)20-6-4-3-5-7-20/h3-7,21H,2,8-19H2,1H3/t21-/m0/s1. The minimum atomic E-state index is -3.09. The molecule has 7 heteroatoms. The fraction of sp³-hybridized carbons (Fsp3) is 0.727. The van der Waals surface area contributed by atoms with Gasteiger partial charge in [-0.2, -0.15) is 0 Å². The number of piperazine rings is 1. The number of piperidine rings is 1. The van der Waals surface area contributed by atoms with Crippen molar-refractivity contribution in [3.05, 3.63) is 30.3 Å². The Morgan fingerprint density at radius 1 is 1.03 bits per heavy atom. The van der Waals surface area contributed by atoms with E-state index in [0.717, 1.165) is 58.5 Å². The van der Waals surface area contributed by atoms with E-state index < -0.39 is 10.0 Å². The van der Waals surface area contributed by atoms with Crippen LogP contribution >= 0.6 is 0 Å². The molecule has 1 atom stereocenters. The molecule has 0 aliphatic carbocycles. The van der Waals surface area contributed by atoms with Crippen LogP contribution in [-0.4, -0.2) is 80.9 Å². The van der Waals surface area contributed by atoms with Gasteiger partial charge in [0.25, 0.3) is 0 Å². The van der Waals surface area contributed by atoms with Crippen LogP contribution in [0.15, 0.2) is 30.3 Å². The van der Waals surface area contributed by atoms with Crippen molar-refractivity contribution in [3.63, 3.8) is 0 Å². The maximum Gasteiger partial charge on any atom is 0.214 e. The predicted octanol–water partition coefficient (Wildman–Crippen LogP) is 2.56. The van der Waals surface area contributed by atoms with Gasteiger partial charge in [-0.3, -0.25) is 4.90 Å². The van der Waals surface area contributed by atoms with Gasteiger partial charge < -0.3 is 9.64 Å². The molecular formula is C22H35N3O3S. The van der Waals surface area contributed by atoms with Crippen LogP contribution in [0.4, 0.5) is 5.69 Å². The van der Waals surface area contributed by atoms with E-state index in [-0.39, 0.29) is 11.4 Å². The van der Waals surface area contributed by atoms with Crippen LogP contribution in [-0.2, 0) is 14.8 Å². The molecule has 0 bridgehead atoms. The first-order valence-corrected chi connectivity index (χ1v) is 12.8. The van der Waals surface area contributed by atoms with Crippen LogP contribution in [0.5, 0.6) is 0 Å². The third-order valence-corrected chi connectivity index (χ3v) is 8.98. The predicted molar refractivity (Wildman–Crippen MR) is 117 cm³/mol. The molecular weight excluding hydrogens is 386 g/mol. The molecule has 162 valence electrons. The highest BCUT2D eigenvalue weighted by Gasteiger charge is 2.43. The summed E-state index contributed by atoms with van der Waals surface area (Å²) >= 11 is 0. The Balaban J connectivity index is 1.32. The van der Waals surface area contributed by atoms with Gasteiger partial charge in [0, 0.05) is 57.6 Å². The molecule has 3 aliphatic heterocycles. The quantitative estimate of drug-likeness (QED) is 0.731. The summed E-state index contributed by atoms with van der Waals surface area (Å²) < 4.78 is 32.7. The first-order valence-electron chi connectivity index (χ1n) is 11.2. The topological polar surface area (TPSA) is 53.1 Å². The fourth-order valence-electron chi connectivity index (χ4n) is 5.21. The number of sulfonamides is 1. The van der Waals surface area contributed by atoms with Crippen molar-refractivity contribution in [1.82, 2.24) is 9.21 Å². The maximum atomic E-state index is 12.4. The van der Waals surface area contributed by atoms with Crippen LogP contribution in [0.1, 0.15) is 39.0 Å². The molecule has 1 aromatic carbocycles. The highest BCUT2D eigenvalue weighted by molar-refractivity contribution is 7.89. The second kappa shape index (κ2) is 8.92. The molecule has 0 saturated carbocycles. The minimum absolute atomic E-state index is 0.127. The number of rotatable bonds is 5. The lowest BCUT2D eigenvalue weighted by Gasteiger charge is -2.49. The molecule has 3 fully saturated rings. The molecule has 3 heterocycles. The van der Waals surface area contributed by atoms with Crippen LogP contribution in [0.3, 0.4) is 0 Å². The van der Waals surface area contributed by atoms with E-state index in [1.165, 1.54) is 5.69 Å². The summed E-state index contributed by atoms with van der Waals surface area (Å²) in [6.07, 6.45) is 4.47. The highest BCUT2D eigenvalue weighted by atomic mass is 32.2. The van der Waals surface area contributed by atoms with E-state index in [1.54, 1.807) is 4.31 Å². The maximum absolute atomic E-state index is 12.4. The molecule has 0 aromatic heterocycles. The molecule has 1 spiro atoms. The summed E-state index contributed by atoms with van der Waals surface area (Å²) in [4.78, 5) is 5.12. The van der Waals surface area contributed by atoms with E-state index in [0.29, 0.717) is 25.6 Å².